The molecule has 0 bridgehead atoms. The lowest BCUT2D eigenvalue weighted by molar-refractivity contribution is -0.142. The highest BCUT2D eigenvalue weighted by Gasteiger charge is 2.39. The fourth-order valence-corrected chi connectivity index (χ4v) is 3.58. The third-order valence-corrected chi connectivity index (χ3v) is 4.93. The number of carbonyl (C=O) groups is 1. The van der Waals surface area contributed by atoms with E-state index < -0.39 is 21.9 Å². The zero-order chi connectivity index (χ0) is 13.1. The van der Waals surface area contributed by atoms with Crippen molar-refractivity contribution >= 4 is 16.0 Å². The standard InChI is InChI=1S/C10H19NO5S/c1-8-6-11(7-9(8)10(12)13)17(14,15)5-3-4-16-2/h8-9H,3-7H2,1-2H3,(H,12,13). The van der Waals surface area contributed by atoms with Crippen molar-refractivity contribution in [2.24, 2.45) is 11.8 Å². The minimum atomic E-state index is -3.34. The van der Waals surface area contributed by atoms with Crippen LogP contribution >= 0.6 is 0 Å². The molecular weight excluding hydrogens is 246 g/mol. The Morgan fingerprint density at radius 2 is 2.12 bits per heavy atom. The molecule has 2 atom stereocenters. The van der Waals surface area contributed by atoms with Crippen molar-refractivity contribution in [3.63, 3.8) is 0 Å². The Morgan fingerprint density at radius 1 is 1.47 bits per heavy atom. The predicted molar refractivity (Wildman–Crippen MR) is 62.1 cm³/mol. The third-order valence-electron chi connectivity index (χ3n) is 3.04. The number of hydrogen-bond acceptors (Lipinski definition) is 4. The summed E-state index contributed by atoms with van der Waals surface area (Å²) in [5.41, 5.74) is 0. The molecule has 7 heteroatoms. The zero-order valence-electron chi connectivity index (χ0n) is 10.1. The van der Waals surface area contributed by atoms with Gasteiger partial charge in [0.25, 0.3) is 0 Å². The van der Waals surface area contributed by atoms with Crippen LogP contribution in [0.25, 0.3) is 0 Å². The van der Waals surface area contributed by atoms with Crippen LogP contribution in [0.1, 0.15) is 13.3 Å². The Morgan fingerprint density at radius 3 is 2.59 bits per heavy atom. The first-order chi connectivity index (χ1) is 7.88. The lowest BCUT2D eigenvalue weighted by atomic mass is 9.99. The van der Waals surface area contributed by atoms with E-state index in [1.54, 1.807) is 6.92 Å². The number of carboxylic acid groups (broad SMARTS) is 1. The molecule has 1 heterocycles. The van der Waals surface area contributed by atoms with Crippen molar-refractivity contribution in [3.8, 4) is 0 Å². The summed E-state index contributed by atoms with van der Waals surface area (Å²) in [5, 5.41) is 8.94. The number of rotatable bonds is 6. The number of aliphatic carboxylic acids is 1. The minimum Gasteiger partial charge on any atom is -0.481 e. The van der Waals surface area contributed by atoms with Crippen LogP contribution in [0, 0.1) is 11.8 Å². The molecule has 0 aliphatic carbocycles. The summed E-state index contributed by atoms with van der Waals surface area (Å²) in [6.45, 7) is 2.55. The second-order valence-electron chi connectivity index (χ2n) is 4.40. The number of carboxylic acids is 1. The summed E-state index contributed by atoms with van der Waals surface area (Å²) < 4.78 is 29.9. The first-order valence-electron chi connectivity index (χ1n) is 5.58. The largest absolute Gasteiger partial charge is 0.481 e. The quantitative estimate of drug-likeness (QED) is 0.684. The average molecular weight is 265 g/mol. The van der Waals surface area contributed by atoms with Crippen molar-refractivity contribution in [1.82, 2.24) is 4.31 Å². The van der Waals surface area contributed by atoms with E-state index in [2.05, 4.69) is 0 Å². The molecule has 1 N–H and O–H groups in total. The van der Waals surface area contributed by atoms with Gasteiger partial charge in [-0.15, -0.1) is 0 Å². The van der Waals surface area contributed by atoms with Crippen LogP contribution < -0.4 is 0 Å². The molecule has 0 amide bonds. The molecular formula is C10H19NO5S. The zero-order valence-corrected chi connectivity index (χ0v) is 10.9. The fourth-order valence-electron chi connectivity index (χ4n) is 1.99. The normalized spacial score (nSPS) is 26.2. The van der Waals surface area contributed by atoms with E-state index in [1.165, 1.54) is 11.4 Å². The first kappa shape index (κ1) is 14.4. The van der Waals surface area contributed by atoms with Crippen LogP contribution in [0.3, 0.4) is 0 Å². The van der Waals surface area contributed by atoms with Gasteiger partial charge in [-0.3, -0.25) is 4.79 Å². The van der Waals surface area contributed by atoms with Gasteiger partial charge in [0, 0.05) is 26.8 Å². The van der Waals surface area contributed by atoms with Crippen molar-refractivity contribution in [1.29, 1.82) is 0 Å². The smallest absolute Gasteiger partial charge is 0.308 e. The van der Waals surface area contributed by atoms with Gasteiger partial charge in [0.1, 0.15) is 0 Å². The van der Waals surface area contributed by atoms with Crippen LogP contribution in [0.5, 0.6) is 0 Å². The Kier molecular flexibility index (Phi) is 4.91. The second-order valence-corrected chi connectivity index (χ2v) is 6.49. The Labute approximate surface area is 102 Å². The number of hydrogen-bond donors (Lipinski definition) is 1. The summed E-state index contributed by atoms with van der Waals surface area (Å²) in [5.74, 6) is -1.64. The topological polar surface area (TPSA) is 83.9 Å². The van der Waals surface area contributed by atoms with Gasteiger partial charge in [0.05, 0.1) is 11.7 Å². The lowest BCUT2D eigenvalue weighted by Crippen LogP contribution is -2.32. The van der Waals surface area contributed by atoms with Gasteiger partial charge in [0.15, 0.2) is 0 Å². The van der Waals surface area contributed by atoms with Crippen molar-refractivity contribution in [3.05, 3.63) is 0 Å². The summed E-state index contributed by atoms with van der Waals surface area (Å²) in [6, 6.07) is 0. The molecule has 0 aromatic carbocycles. The van der Waals surface area contributed by atoms with Gasteiger partial charge < -0.3 is 9.84 Å². The van der Waals surface area contributed by atoms with Gasteiger partial charge in [-0.05, 0) is 12.3 Å². The SMILES string of the molecule is COCCCS(=O)(=O)N1CC(C)C(C(=O)O)C1. The molecule has 17 heavy (non-hydrogen) atoms. The molecule has 0 spiro atoms. The van der Waals surface area contributed by atoms with E-state index in [-0.39, 0.29) is 18.2 Å². The van der Waals surface area contributed by atoms with Crippen LogP contribution in [-0.4, -0.2) is 56.4 Å². The molecule has 100 valence electrons. The Balaban J connectivity index is 2.60. The molecule has 1 rings (SSSR count). The highest BCUT2D eigenvalue weighted by molar-refractivity contribution is 7.89. The Bertz CT molecular complexity index is 367. The molecule has 0 saturated carbocycles. The predicted octanol–water partition coefficient (Wildman–Crippen LogP) is 0.00520. The molecule has 1 aliphatic rings. The first-order valence-corrected chi connectivity index (χ1v) is 7.19. The molecule has 0 aromatic rings. The Hall–Kier alpha value is -0.660. The number of sulfonamides is 1. The molecule has 2 unspecified atom stereocenters. The van der Waals surface area contributed by atoms with Crippen molar-refractivity contribution in [2.45, 2.75) is 13.3 Å². The molecule has 0 aromatic heterocycles. The van der Waals surface area contributed by atoms with Crippen molar-refractivity contribution < 1.29 is 23.1 Å². The van der Waals surface area contributed by atoms with Crippen LogP contribution in [0.4, 0.5) is 0 Å². The van der Waals surface area contributed by atoms with Crippen LogP contribution in [0.15, 0.2) is 0 Å². The maximum atomic E-state index is 11.9. The van der Waals surface area contributed by atoms with Gasteiger partial charge in [-0.1, -0.05) is 6.92 Å². The van der Waals surface area contributed by atoms with Gasteiger partial charge in [-0.25, -0.2) is 12.7 Å². The average Bonchev–Trinajstić information content (AvgIpc) is 2.61. The highest BCUT2D eigenvalue weighted by Crippen LogP contribution is 2.25. The fraction of sp³-hybridized carbons (Fsp3) is 0.900. The van der Waals surface area contributed by atoms with E-state index in [4.69, 9.17) is 9.84 Å². The van der Waals surface area contributed by atoms with E-state index in [9.17, 15) is 13.2 Å². The third kappa shape index (κ3) is 3.65. The minimum absolute atomic E-state index is 0.0138. The highest BCUT2D eigenvalue weighted by atomic mass is 32.2. The molecule has 0 radical (unpaired) electrons. The maximum Gasteiger partial charge on any atom is 0.308 e. The molecule has 1 saturated heterocycles. The molecule has 1 fully saturated rings. The van der Waals surface area contributed by atoms with E-state index in [0.29, 0.717) is 19.6 Å². The van der Waals surface area contributed by atoms with Crippen LogP contribution in [-0.2, 0) is 19.6 Å². The number of nitrogens with zero attached hydrogens (tertiary/aromatic N) is 1. The van der Waals surface area contributed by atoms with Gasteiger partial charge in [0.2, 0.25) is 10.0 Å². The lowest BCUT2D eigenvalue weighted by Gasteiger charge is -2.15. The van der Waals surface area contributed by atoms with Gasteiger partial charge >= 0.3 is 5.97 Å². The van der Waals surface area contributed by atoms with Gasteiger partial charge in [-0.2, -0.15) is 0 Å². The molecule has 1 aliphatic heterocycles. The number of methoxy groups -OCH3 is 1. The summed E-state index contributed by atoms with van der Waals surface area (Å²) in [7, 11) is -1.82. The van der Waals surface area contributed by atoms with E-state index >= 15 is 0 Å². The molecule has 6 nitrogen and oxygen atoms in total. The summed E-state index contributed by atoms with van der Waals surface area (Å²) >= 11 is 0. The second kappa shape index (κ2) is 5.79. The monoisotopic (exact) mass is 265 g/mol. The van der Waals surface area contributed by atoms with Crippen molar-refractivity contribution in [2.75, 3.05) is 32.6 Å². The maximum absolute atomic E-state index is 11.9. The summed E-state index contributed by atoms with van der Waals surface area (Å²) in [4.78, 5) is 10.9. The summed E-state index contributed by atoms with van der Waals surface area (Å²) in [6.07, 6.45) is 0.432. The van der Waals surface area contributed by atoms with E-state index in [0.717, 1.165) is 0 Å². The van der Waals surface area contributed by atoms with E-state index in [1.807, 2.05) is 0 Å². The van der Waals surface area contributed by atoms with Crippen LogP contribution in [0.2, 0.25) is 0 Å². The number of ether oxygens (including phenoxy) is 1.